The third-order valence-corrected chi connectivity index (χ3v) is 4.83. The van der Waals surface area contributed by atoms with Gasteiger partial charge in [0.05, 0.1) is 4.99 Å². The lowest BCUT2D eigenvalue weighted by Gasteiger charge is -2.34. The summed E-state index contributed by atoms with van der Waals surface area (Å²) in [6, 6.07) is 5.81. The van der Waals surface area contributed by atoms with Gasteiger partial charge >= 0.3 is 0 Å². The number of ether oxygens (including phenoxy) is 1. The van der Waals surface area contributed by atoms with Gasteiger partial charge in [0.1, 0.15) is 5.41 Å². The lowest BCUT2D eigenvalue weighted by Crippen LogP contribution is -2.49. The number of hydrogen-bond acceptors (Lipinski definition) is 3. The zero-order chi connectivity index (χ0) is 15.5. The number of thiocarbonyl (C=S) groups is 1. The molecule has 1 amide bonds. The van der Waals surface area contributed by atoms with Crippen molar-refractivity contribution in [1.82, 2.24) is 0 Å². The van der Waals surface area contributed by atoms with Crippen molar-refractivity contribution in [2.24, 2.45) is 11.1 Å². The molecule has 0 saturated carbocycles. The Bertz CT molecular complexity index is 557. The third-order valence-electron chi connectivity index (χ3n) is 3.95. The smallest absolute Gasteiger partial charge is 0.237 e. The average Bonchev–Trinajstić information content (AvgIpc) is 2.49. The van der Waals surface area contributed by atoms with Crippen molar-refractivity contribution in [3.05, 3.63) is 28.2 Å². The van der Waals surface area contributed by atoms with Crippen LogP contribution in [0.25, 0.3) is 0 Å². The molecule has 1 fully saturated rings. The van der Waals surface area contributed by atoms with Gasteiger partial charge in [0.25, 0.3) is 0 Å². The third kappa shape index (κ3) is 3.44. The van der Waals surface area contributed by atoms with E-state index in [1.54, 1.807) is 0 Å². The molecule has 1 aromatic carbocycles. The van der Waals surface area contributed by atoms with Crippen molar-refractivity contribution in [2.75, 3.05) is 18.5 Å². The molecular weight excluding hydrogens is 352 g/mol. The fourth-order valence-electron chi connectivity index (χ4n) is 2.52. The normalized spacial score (nSPS) is 17.2. The second-order valence-electron chi connectivity index (χ2n) is 5.17. The summed E-state index contributed by atoms with van der Waals surface area (Å²) in [4.78, 5) is 13.0. The lowest BCUT2D eigenvalue weighted by atomic mass is 9.79. The summed E-state index contributed by atoms with van der Waals surface area (Å²) in [5.41, 5.74) is 6.94. The summed E-state index contributed by atoms with van der Waals surface area (Å²) in [7, 11) is 0. The first-order valence-corrected chi connectivity index (χ1v) is 8.17. The van der Waals surface area contributed by atoms with Crippen LogP contribution >= 0.6 is 28.1 Å². The van der Waals surface area contributed by atoms with Crippen LogP contribution in [0.3, 0.4) is 0 Å². The molecule has 0 spiro atoms. The van der Waals surface area contributed by atoms with Crippen LogP contribution in [0.15, 0.2) is 22.7 Å². The van der Waals surface area contributed by atoms with E-state index in [-0.39, 0.29) is 10.9 Å². The van der Waals surface area contributed by atoms with Gasteiger partial charge in [0.2, 0.25) is 5.91 Å². The first kappa shape index (κ1) is 16.4. The van der Waals surface area contributed by atoms with E-state index in [9.17, 15) is 4.79 Å². The fourth-order valence-corrected chi connectivity index (χ4v) is 3.23. The standard InChI is InChI=1S/C15H19BrN2O2S/c1-2-10-9-11(16)3-4-12(10)18-14(19)15(13(17)21)5-7-20-8-6-15/h3-4,9H,2,5-8H2,1H3,(H2,17,21)(H,18,19). The molecule has 1 aromatic rings. The summed E-state index contributed by atoms with van der Waals surface area (Å²) in [5.74, 6) is -0.129. The van der Waals surface area contributed by atoms with Gasteiger partial charge in [-0.25, -0.2) is 0 Å². The molecule has 2 rings (SSSR count). The number of nitrogens with one attached hydrogen (secondary N) is 1. The molecule has 4 nitrogen and oxygen atoms in total. The van der Waals surface area contributed by atoms with Gasteiger partial charge in [-0.05, 0) is 43.0 Å². The number of nitrogens with two attached hydrogens (primary N) is 1. The predicted molar refractivity (Wildman–Crippen MR) is 91.4 cm³/mol. The molecule has 1 heterocycles. The number of hydrogen-bond donors (Lipinski definition) is 2. The Morgan fingerprint density at radius 2 is 2.14 bits per heavy atom. The maximum absolute atomic E-state index is 12.7. The van der Waals surface area contributed by atoms with Crippen LogP contribution in [0.5, 0.6) is 0 Å². The Morgan fingerprint density at radius 3 is 2.71 bits per heavy atom. The molecule has 3 N–H and O–H groups in total. The van der Waals surface area contributed by atoms with Crippen LogP contribution in [0.2, 0.25) is 0 Å². The molecule has 0 unspecified atom stereocenters. The van der Waals surface area contributed by atoms with E-state index in [1.165, 1.54) is 0 Å². The Balaban J connectivity index is 2.25. The molecule has 0 radical (unpaired) electrons. The van der Waals surface area contributed by atoms with Crippen molar-refractivity contribution in [3.63, 3.8) is 0 Å². The maximum Gasteiger partial charge on any atom is 0.237 e. The molecule has 0 aliphatic carbocycles. The van der Waals surface area contributed by atoms with Crippen molar-refractivity contribution >= 4 is 44.7 Å². The van der Waals surface area contributed by atoms with Gasteiger partial charge in [-0.2, -0.15) is 0 Å². The van der Waals surface area contributed by atoms with Crippen molar-refractivity contribution in [2.45, 2.75) is 26.2 Å². The van der Waals surface area contributed by atoms with Crippen LogP contribution in [-0.2, 0) is 16.0 Å². The molecule has 0 bridgehead atoms. The van der Waals surface area contributed by atoms with Crippen molar-refractivity contribution in [1.29, 1.82) is 0 Å². The first-order valence-electron chi connectivity index (χ1n) is 6.97. The molecule has 0 aromatic heterocycles. The molecule has 1 saturated heterocycles. The monoisotopic (exact) mass is 370 g/mol. The molecule has 21 heavy (non-hydrogen) atoms. The van der Waals surface area contributed by atoms with Crippen LogP contribution in [-0.4, -0.2) is 24.1 Å². The van der Waals surface area contributed by atoms with Crippen molar-refractivity contribution in [3.8, 4) is 0 Å². The Kier molecular flexibility index (Phi) is 5.35. The van der Waals surface area contributed by atoms with Gasteiger partial charge in [-0.3, -0.25) is 4.79 Å². The van der Waals surface area contributed by atoms with Gasteiger partial charge in [0, 0.05) is 23.4 Å². The minimum Gasteiger partial charge on any atom is -0.392 e. The SMILES string of the molecule is CCc1cc(Br)ccc1NC(=O)C1(C(N)=S)CCOCC1. The Hall–Kier alpha value is -0.980. The quantitative estimate of drug-likeness (QED) is 0.799. The highest BCUT2D eigenvalue weighted by Crippen LogP contribution is 2.33. The van der Waals surface area contributed by atoms with E-state index < -0.39 is 5.41 Å². The summed E-state index contributed by atoms with van der Waals surface area (Å²) in [6.45, 7) is 3.06. The van der Waals surface area contributed by atoms with Crippen LogP contribution in [0.4, 0.5) is 5.69 Å². The summed E-state index contributed by atoms with van der Waals surface area (Å²) in [6.07, 6.45) is 1.90. The lowest BCUT2D eigenvalue weighted by molar-refractivity contribution is -0.126. The molecule has 114 valence electrons. The fraction of sp³-hybridized carbons (Fsp3) is 0.467. The highest BCUT2D eigenvalue weighted by molar-refractivity contribution is 9.10. The molecule has 0 atom stereocenters. The van der Waals surface area contributed by atoms with E-state index in [2.05, 4.69) is 28.2 Å². The average molecular weight is 371 g/mol. The van der Waals surface area contributed by atoms with Gasteiger partial charge in [0.15, 0.2) is 0 Å². The summed E-state index contributed by atoms with van der Waals surface area (Å²) in [5, 5.41) is 3.00. The van der Waals surface area contributed by atoms with E-state index in [0.717, 1.165) is 22.1 Å². The van der Waals surface area contributed by atoms with Gasteiger partial charge in [-0.1, -0.05) is 35.1 Å². The molecule has 1 aliphatic rings. The topological polar surface area (TPSA) is 64.4 Å². The number of amides is 1. The second-order valence-corrected chi connectivity index (χ2v) is 6.52. The Morgan fingerprint density at radius 1 is 1.48 bits per heavy atom. The zero-order valence-electron chi connectivity index (χ0n) is 11.9. The van der Waals surface area contributed by atoms with Crippen molar-refractivity contribution < 1.29 is 9.53 Å². The van der Waals surface area contributed by atoms with Crippen LogP contribution in [0.1, 0.15) is 25.3 Å². The maximum atomic E-state index is 12.7. The highest BCUT2D eigenvalue weighted by Gasteiger charge is 2.43. The number of aryl methyl sites for hydroxylation is 1. The number of carbonyl (C=O) groups excluding carboxylic acids is 1. The minimum atomic E-state index is -0.800. The molecular formula is C15H19BrN2O2S. The van der Waals surface area contributed by atoms with E-state index in [0.29, 0.717) is 26.1 Å². The minimum absolute atomic E-state index is 0.129. The first-order chi connectivity index (χ1) is 9.99. The number of benzene rings is 1. The van der Waals surface area contributed by atoms with E-state index in [1.807, 2.05) is 18.2 Å². The number of halogens is 1. The van der Waals surface area contributed by atoms with Crippen LogP contribution < -0.4 is 11.1 Å². The predicted octanol–water partition coefficient (Wildman–Crippen LogP) is 3.03. The van der Waals surface area contributed by atoms with Crippen LogP contribution in [0, 0.1) is 5.41 Å². The number of carbonyl (C=O) groups is 1. The van der Waals surface area contributed by atoms with E-state index >= 15 is 0 Å². The largest absolute Gasteiger partial charge is 0.392 e. The highest BCUT2D eigenvalue weighted by atomic mass is 79.9. The number of rotatable bonds is 4. The van der Waals surface area contributed by atoms with Gasteiger partial charge in [-0.15, -0.1) is 0 Å². The Labute approximate surface area is 138 Å². The summed E-state index contributed by atoms with van der Waals surface area (Å²) < 4.78 is 6.33. The molecule has 1 aliphatic heterocycles. The zero-order valence-corrected chi connectivity index (χ0v) is 14.4. The number of anilines is 1. The summed E-state index contributed by atoms with van der Waals surface area (Å²) >= 11 is 8.60. The second kappa shape index (κ2) is 6.85. The van der Waals surface area contributed by atoms with Gasteiger partial charge < -0.3 is 15.8 Å². The van der Waals surface area contributed by atoms with E-state index in [4.69, 9.17) is 22.7 Å². The molecule has 6 heteroatoms.